The Morgan fingerprint density at radius 1 is 1.33 bits per heavy atom. The van der Waals surface area contributed by atoms with Crippen LogP contribution in [-0.4, -0.2) is 17.8 Å². The van der Waals surface area contributed by atoms with Crippen LogP contribution in [0.25, 0.3) is 0 Å². The molecule has 1 rings (SSSR count). The van der Waals surface area contributed by atoms with Crippen LogP contribution >= 0.6 is 0 Å². The first-order chi connectivity index (χ1) is 7.36. The maximum atomic E-state index is 9.04. The third-order valence-electron chi connectivity index (χ3n) is 2.04. The molecule has 0 bridgehead atoms. The van der Waals surface area contributed by atoms with Gasteiger partial charge in [-0.2, -0.15) is 0 Å². The molecule has 0 saturated carbocycles. The quantitative estimate of drug-likeness (QED) is 0.743. The van der Waals surface area contributed by atoms with Crippen LogP contribution in [0.2, 0.25) is 0 Å². The minimum atomic E-state index is -0.183. The summed E-state index contributed by atoms with van der Waals surface area (Å²) < 4.78 is 5.53. The number of benzene rings is 1. The largest absolute Gasteiger partial charge is 0.394 e. The molecule has 0 saturated heterocycles. The van der Waals surface area contributed by atoms with Gasteiger partial charge in [0.2, 0.25) is 0 Å². The van der Waals surface area contributed by atoms with Crippen LogP contribution in [0, 0.1) is 11.8 Å². The van der Waals surface area contributed by atoms with Crippen molar-refractivity contribution in [2.45, 2.75) is 26.1 Å². The summed E-state index contributed by atoms with van der Waals surface area (Å²) in [6.45, 7) is 2.32. The Kier molecular flexibility index (Phi) is 5.54. The Hall–Kier alpha value is -1.30. The number of aliphatic hydroxyl groups excluding tert-OH is 1. The van der Waals surface area contributed by atoms with E-state index < -0.39 is 0 Å². The molecule has 0 spiro atoms. The summed E-state index contributed by atoms with van der Waals surface area (Å²) in [7, 11) is 0. The van der Waals surface area contributed by atoms with Gasteiger partial charge in [0.1, 0.15) is 0 Å². The summed E-state index contributed by atoms with van der Waals surface area (Å²) in [5.74, 6) is 5.69. The molecule has 15 heavy (non-hydrogen) atoms. The Labute approximate surface area is 90.9 Å². The Morgan fingerprint density at radius 3 is 2.67 bits per heavy atom. The minimum Gasteiger partial charge on any atom is -0.394 e. The minimum absolute atomic E-state index is 0.0154. The standard InChI is InChI=1S/C13H16O2/c1-2-3-9-13(10-14)15-11-12-7-5-4-6-8-12/h4-8,13-14H,9-11H2,1H3/t13-/m1/s1. The third-order valence-corrected chi connectivity index (χ3v) is 2.04. The van der Waals surface area contributed by atoms with Crippen LogP contribution < -0.4 is 0 Å². The molecule has 0 aliphatic heterocycles. The van der Waals surface area contributed by atoms with Crippen molar-refractivity contribution in [2.75, 3.05) is 6.61 Å². The van der Waals surface area contributed by atoms with Gasteiger partial charge in [-0.05, 0) is 12.5 Å². The van der Waals surface area contributed by atoms with Gasteiger partial charge in [-0.15, -0.1) is 11.8 Å². The molecular weight excluding hydrogens is 188 g/mol. The fourth-order valence-electron chi connectivity index (χ4n) is 1.18. The van der Waals surface area contributed by atoms with Crippen LogP contribution in [0.3, 0.4) is 0 Å². The van der Waals surface area contributed by atoms with E-state index in [0.29, 0.717) is 13.0 Å². The average molecular weight is 204 g/mol. The van der Waals surface area contributed by atoms with Gasteiger partial charge in [0.05, 0.1) is 19.3 Å². The predicted octanol–water partition coefficient (Wildman–Crippen LogP) is 1.98. The van der Waals surface area contributed by atoms with E-state index in [9.17, 15) is 0 Å². The number of rotatable bonds is 5. The van der Waals surface area contributed by atoms with E-state index in [1.54, 1.807) is 6.92 Å². The molecule has 0 aromatic heterocycles. The summed E-state index contributed by atoms with van der Waals surface area (Å²) in [6, 6.07) is 9.91. The molecule has 1 N–H and O–H groups in total. The Balaban J connectivity index is 2.36. The molecule has 0 amide bonds. The highest BCUT2D eigenvalue weighted by Crippen LogP contribution is 2.05. The first-order valence-corrected chi connectivity index (χ1v) is 5.02. The molecular formula is C13H16O2. The summed E-state index contributed by atoms with van der Waals surface area (Å²) >= 11 is 0. The van der Waals surface area contributed by atoms with E-state index in [1.807, 2.05) is 30.3 Å². The van der Waals surface area contributed by atoms with Crippen LogP contribution in [0.15, 0.2) is 30.3 Å². The maximum Gasteiger partial charge on any atom is 0.0919 e. The zero-order valence-corrected chi connectivity index (χ0v) is 8.94. The van der Waals surface area contributed by atoms with Crippen molar-refractivity contribution in [3.8, 4) is 11.8 Å². The van der Waals surface area contributed by atoms with Crippen molar-refractivity contribution >= 4 is 0 Å². The van der Waals surface area contributed by atoms with Gasteiger partial charge in [-0.3, -0.25) is 0 Å². The van der Waals surface area contributed by atoms with E-state index in [2.05, 4.69) is 11.8 Å². The van der Waals surface area contributed by atoms with Crippen molar-refractivity contribution in [2.24, 2.45) is 0 Å². The van der Waals surface area contributed by atoms with Crippen LogP contribution in [0.4, 0.5) is 0 Å². The maximum absolute atomic E-state index is 9.04. The lowest BCUT2D eigenvalue weighted by Gasteiger charge is -2.12. The lowest BCUT2D eigenvalue weighted by Crippen LogP contribution is -2.16. The monoisotopic (exact) mass is 204 g/mol. The smallest absolute Gasteiger partial charge is 0.0919 e. The second kappa shape index (κ2) is 7.05. The summed E-state index contributed by atoms with van der Waals surface area (Å²) in [5, 5.41) is 9.04. The molecule has 0 heterocycles. The molecule has 2 nitrogen and oxygen atoms in total. The van der Waals surface area contributed by atoms with Crippen LogP contribution in [0.1, 0.15) is 18.9 Å². The first-order valence-electron chi connectivity index (χ1n) is 5.02. The van der Waals surface area contributed by atoms with E-state index in [-0.39, 0.29) is 12.7 Å². The fraction of sp³-hybridized carbons (Fsp3) is 0.385. The zero-order valence-electron chi connectivity index (χ0n) is 8.94. The van der Waals surface area contributed by atoms with Crippen molar-refractivity contribution < 1.29 is 9.84 Å². The SMILES string of the molecule is CC#CC[C@H](CO)OCc1ccccc1. The predicted molar refractivity (Wildman–Crippen MR) is 60.2 cm³/mol. The number of hydrogen-bond acceptors (Lipinski definition) is 2. The number of ether oxygens (including phenoxy) is 1. The topological polar surface area (TPSA) is 29.5 Å². The zero-order chi connectivity index (χ0) is 10.9. The van der Waals surface area contributed by atoms with Gasteiger partial charge in [-0.25, -0.2) is 0 Å². The van der Waals surface area contributed by atoms with Gasteiger partial charge in [0, 0.05) is 6.42 Å². The molecule has 0 fully saturated rings. The Morgan fingerprint density at radius 2 is 2.07 bits per heavy atom. The normalized spacial score (nSPS) is 11.6. The summed E-state index contributed by atoms with van der Waals surface area (Å²) in [4.78, 5) is 0. The first kappa shape index (κ1) is 11.8. The molecule has 0 aliphatic rings. The molecule has 1 aromatic carbocycles. The van der Waals surface area contributed by atoms with Gasteiger partial charge >= 0.3 is 0 Å². The highest BCUT2D eigenvalue weighted by Gasteiger charge is 2.05. The molecule has 80 valence electrons. The van der Waals surface area contributed by atoms with Crippen molar-refractivity contribution in [1.29, 1.82) is 0 Å². The van der Waals surface area contributed by atoms with Gasteiger partial charge in [0.25, 0.3) is 0 Å². The van der Waals surface area contributed by atoms with E-state index in [4.69, 9.17) is 9.84 Å². The average Bonchev–Trinajstić information content (AvgIpc) is 2.31. The highest BCUT2D eigenvalue weighted by molar-refractivity contribution is 5.13. The number of aliphatic hydroxyl groups is 1. The molecule has 1 aromatic rings. The van der Waals surface area contributed by atoms with Crippen LogP contribution in [0.5, 0.6) is 0 Å². The third kappa shape index (κ3) is 4.64. The molecule has 2 heteroatoms. The lowest BCUT2D eigenvalue weighted by molar-refractivity contribution is 0.00600. The molecule has 0 aliphatic carbocycles. The second-order valence-electron chi connectivity index (χ2n) is 3.23. The van der Waals surface area contributed by atoms with Crippen LogP contribution in [-0.2, 0) is 11.3 Å². The fourth-order valence-corrected chi connectivity index (χ4v) is 1.18. The van der Waals surface area contributed by atoms with Crippen molar-refractivity contribution in [3.63, 3.8) is 0 Å². The van der Waals surface area contributed by atoms with E-state index in [0.717, 1.165) is 5.56 Å². The Bertz CT molecular complexity index is 321. The molecule has 0 radical (unpaired) electrons. The lowest BCUT2D eigenvalue weighted by atomic mass is 10.2. The van der Waals surface area contributed by atoms with E-state index >= 15 is 0 Å². The number of hydrogen-bond donors (Lipinski definition) is 1. The van der Waals surface area contributed by atoms with Gasteiger partial charge in [0.15, 0.2) is 0 Å². The van der Waals surface area contributed by atoms with Gasteiger partial charge < -0.3 is 9.84 Å². The van der Waals surface area contributed by atoms with Gasteiger partial charge in [-0.1, -0.05) is 30.3 Å². The highest BCUT2D eigenvalue weighted by atomic mass is 16.5. The van der Waals surface area contributed by atoms with Crippen molar-refractivity contribution in [3.05, 3.63) is 35.9 Å². The molecule has 0 unspecified atom stereocenters. The summed E-state index contributed by atoms with van der Waals surface area (Å²) in [6.07, 6.45) is 0.400. The second-order valence-corrected chi connectivity index (χ2v) is 3.23. The van der Waals surface area contributed by atoms with E-state index in [1.165, 1.54) is 0 Å². The summed E-state index contributed by atoms with van der Waals surface area (Å²) in [5.41, 5.74) is 1.11. The van der Waals surface area contributed by atoms with Crippen molar-refractivity contribution in [1.82, 2.24) is 0 Å². The molecule has 1 atom stereocenters.